The second-order valence-electron chi connectivity index (χ2n) is 4.40. The van der Waals surface area contributed by atoms with E-state index in [1.54, 1.807) is 12.1 Å². The van der Waals surface area contributed by atoms with Crippen molar-refractivity contribution in [1.29, 1.82) is 0 Å². The Hall–Kier alpha value is -1.53. The molecule has 0 saturated heterocycles. The first-order valence-electron chi connectivity index (χ1n) is 6.10. The molecule has 1 nitrogen and oxygen atoms in total. The van der Waals surface area contributed by atoms with Crippen LogP contribution in [0.25, 0.3) is 0 Å². The van der Waals surface area contributed by atoms with Crippen LogP contribution in [-0.2, 0) is 6.18 Å². The van der Waals surface area contributed by atoms with Crippen molar-refractivity contribution in [1.82, 2.24) is 0 Å². The van der Waals surface area contributed by atoms with Crippen LogP contribution in [0.5, 0.6) is 0 Å². The summed E-state index contributed by atoms with van der Waals surface area (Å²) in [7, 11) is 0. The molecule has 0 spiro atoms. The number of hydrogen-bond acceptors (Lipinski definition) is 2. The second-order valence-corrected chi connectivity index (χ2v) is 5.49. The number of aliphatic hydroxyl groups is 1. The van der Waals surface area contributed by atoms with Crippen LogP contribution >= 0.6 is 11.8 Å². The summed E-state index contributed by atoms with van der Waals surface area (Å²) in [6, 6.07) is 10.2. The average Bonchev–Trinajstić information content (AvgIpc) is 2.45. The Balaban J connectivity index is 1.97. The van der Waals surface area contributed by atoms with E-state index in [1.165, 1.54) is 36.0 Å². The summed E-state index contributed by atoms with van der Waals surface area (Å²) in [5.74, 6) is -0.0700. The molecule has 0 aliphatic rings. The molecule has 0 bridgehead atoms. The minimum atomic E-state index is -4.38. The van der Waals surface area contributed by atoms with Gasteiger partial charge in [0.25, 0.3) is 0 Å². The van der Waals surface area contributed by atoms with Gasteiger partial charge in [-0.2, -0.15) is 13.2 Å². The molecule has 0 radical (unpaired) electrons. The van der Waals surface area contributed by atoms with Gasteiger partial charge in [0, 0.05) is 10.6 Å². The Morgan fingerprint density at radius 1 is 0.952 bits per heavy atom. The zero-order valence-corrected chi connectivity index (χ0v) is 11.6. The summed E-state index contributed by atoms with van der Waals surface area (Å²) in [5.41, 5.74) is -0.331. The highest BCUT2D eigenvalue weighted by Crippen LogP contribution is 2.31. The zero-order chi connectivity index (χ0) is 15.5. The number of benzene rings is 2. The van der Waals surface area contributed by atoms with Gasteiger partial charge in [0.1, 0.15) is 5.82 Å². The maximum Gasteiger partial charge on any atom is 0.416 e. The highest BCUT2D eigenvalue weighted by Gasteiger charge is 2.30. The molecule has 0 aromatic heterocycles. The van der Waals surface area contributed by atoms with Gasteiger partial charge in [-0.15, -0.1) is 11.8 Å². The van der Waals surface area contributed by atoms with E-state index in [4.69, 9.17) is 0 Å². The monoisotopic (exact) mass is 316 g/mol. The standard InChI is InChI=1S/C15H12F4OS/c16-12-5-7-13(8-6-12)21-9-14(20)10-1-3-11(4-2-10)15(17,18)19/h1-8,14,20H,9H2. The molecule has 1 N–H and O–H groups in total. The van der Waals surface area contributed by atoms with Crippen molar-refractivity contribution in [3.8, 4) is 0 Å². The fourth-order valence-corrected chi connectivity index (χ4v) is 2.57. The largest absolute Gasteiger partial charge is 0.416 e. The van der Waals surface area contributed by atoms with Gasteiger partial charge in [0.15, 0.2) is 0 Å². The van der Waals surface area contributed by atoms with Crippen LogP contribution in [0.1, 0.15) is 17.2 Å². The lowest BCUT2D eigenvalue weighted by Crippen LogP contribution is -2.06. The predicted octanol–water partition coefficient (Wildman–Crippen LogP) is 4.67. The van der Waals surface area contributed by atoms with Crippen LogP contribution in [-0.4, -0.2) is 10.9 Å². The third-order valence-corrected chi connectivity index (χ3v) is 3.93. The van der Waals surface area contributed by atoms with E-state index in [-0.39, 0.29) is 11.6 Å². The molecule has 112 valence electrons. The molecular formula is C15H12F4OS. The molecular weight excluding hydrogens is 304 g/mol. The fraction of sp³-hybridized carbons (Fsp3) is 0.200. The van der Waals surface area contributed by atoms with Gasteiger partial charge < -0.3 is 5.11 Å². The van der Waals surface area contributed by atoms with Crippen LogP contribution in [0, 0.1) is 5.82 Å². The Kier molecular flexibility index (Phi) is 4.90. The van der Waals surface area contributed by atoms with Crippen molar-refractivity contribution in [3.63, 3.8) is 0 Å². The molecule has 6 heteroatoms. The van der Waals surface area contributed by atoms with E-state index >= 15 is 0 Å². The molecule has 2 rings (SSSR count). The molecule has 0 fully saturated rings. The van der Waals surface area contributed by atoms with Crippen LogP contribution in [0.15, 0.2) is 53.4 Å². The molecule has 1 atom stereocenters. The minimum Gasteiger partial charge on any atom is -0.388 e. The summed E-state index contributed by atoms with van der Waals surface area (Å²) in [4.78, 5) is 0.780. The summed E-state index contributed by atoms with van der Waals surface area (Å²) in [5, 5.41) is 9.95. The Morgan fingerprint density at radius 3 is 2.05 bits per heavy atom. The maximum atomic E-state index is 12.7. The highest BCUT2D eigenvalue weighted by molar-refractivity contribution is 7.99. The summed E-state index contributed by atoms with van der Waals surface area (Å²) in [6.45, 7) is 0. The molecule has 0 aliphatic heterocycles. The summed E-state index contributed by atoms with van der Waals surface area (Å²) in [6.07, 6.45) is -5.27. The van der Waals surface area contributed by atoms with Crippen LogP contribution < -0.4 is 0 Å². The van der Waals surface area contributed by atoms with E-state index in [0.29, 0.717) is 5.56 Å². The SMILES string of the molecule is OC(CSc1ccc(F)cc1)c1ccc(C(F)(F)F)cc1. The molecule has 0 heterocycles. The highest BCUT2D eigenvalue weighted by atomic mass is 32.2. The van der Waals surface area contributed by atoms with Crippen molar-refractivity contribution in [2.24, 2.45) is 0 Å². The van der Waals surface area contributed by atoms with E-state index in [1.807, 2.05) is 0 Å². The second kappa shape index (κ2) is 6.49. The van der Waals surface area contributed by atoms with Gasteiger partial charge in [-0.25, -0.2) is 4.39 Å². The quantitative estimate of drug-likeness (QED) is 0.653. The molecule has 1 unspecified atom stereocenters. The van der Waals surface area contributed by atoms with Crippen LogP contribution in [0.3, 0.4) is 0 Å². The fourth-order valence-electron chi connectivity index (χ4n) is 1.70. The molecule has 2 aromatic carbocycles. The number of halogens is 4. The number of thioether (sulfide) groups is 1. The maximum absolute atomic E-state index is 12.7. The number of aliphatic hydroxyl groups excluding tert-OH is 1. The van der Waals surface area contributed by atoms with Crippen molar-refractivity contribution < 1.29 is 22.7 Å². The number of rotatable bonds is 4. The average molecular weight is 316 g/mol. The number of hydrogen-bond donors (Lipinski definition) is 1. The Morgan fingerprint density at radius 2 is 1.52 bits per heavy atom. The Bertz CT molecular complexity index is 578. The smallest absolute Gasteiger partial charge is 0.388 e. The van der Waals surface area contributed by atoms with Crippen LogP contribution in [0.4, 0.5) is 17.6 Å². The minimum absolute atomic E-state index is 0.275. The van der Waals surface area contributed by atoms with Crippen molar-refractivity contribution in [2.75, 3.05) is 5.75 Å². The topological polar surface area (TPSA) is 20.2 Å². The number of alkyl halides is 3. The van der Waals surface area contributed by atoms with Gasteiger partial charge in [0.05, 0.1) is 11.7 Å². The van der Waals surface area contributed by atoms with E-state index in [9.17, 15) is 22.7 Å². The van der Waals surface area contributed by atoms with Gasteiger partial charge >= 0.3 is 6.18 Å². The molecule has 0 saturated carbocycles. The van der Waals surface area contributed by atoms with Gasteiger partial charge in [-0.3, -0.25) is 0 Å². The third kappa shape index (κ3) is 4.47. The lowest BCUT2D eigenvalue weighted by Gasteiger charge is -2.12. The third-order valence-electron chi connectivity index (χ3n) is 2.84. The van der Waals surface area contributed by atoms with Gasteiger partial charge in [-0.05, 0) is 42.0 Å². The predicted molar refractivity (Wildman–Crippen MR) is 73.5 cm³/mol. The first-order chi connectivity index (χ1) is 9.86. The first kappa shape index (κ1) is 15.9. The van der Waals surface area contributed by atoms with E-state index in [2.05, 4.69) is 0 Å². The van der Waals surface area contributed by atoms with Crippen molar-refractivity contribution >= 4 is 11.8 Å². The van der Waals surface area contributed by atoms with Crippen molar-refractivity contribution in [3.05, 3.63) is 65.5 Å². The molecule has 2 aromatic rings. The summed E-state index contributed by atoms with van der Waals surface area (Å²) < 4.78 is 50.0. The lowest BCUT2D eigenvalue weighted by molar-refractivity contribution is -0.137. The lowest BCUT2D eigenvalue weighted by atomic mass is 10.1. The van der Waals surface area contributed by atoms with Crippen LogP contribution in [0.2, 0.25) is 0 Å². The Labute approximate surface area is 123 Å². The molecule has 0 aliphatic carbocycles. The molecule has 21 heavy (non-hydrogen) atoms. The summed E-state index contributed by atoms with van der Waals surface area (Å²) >= 11 is 1.30. The van der Waals surface area contributed by atoms with Gasteiger partial charge in [0.2, 0.25) is 0 Å². The van der Waals surface area contributed by atoms with E-state index in [0.717, 1.165) is 17.0 Å². The van der Waals surface area contributed by atoms with Gasteiger partial charge in [-0.1, -0.05) is 12.1 Å². The van der Waals surface area contributed by atoms with E-state index < -0.39 is 17.8 Å². The molecule has 0 amide bonds. The normalized spacial score (nSPS) is 13.2. The zero-order valence-electron chi connectivity index (χ0n) is 10.8. The first-order valence-corrected chi connectivity index (χ1v) is 7.08. The van der Waals surface area contributed by atoms with Crippen molar-refractivity contribution in [2.45, 2.75) is 17.2 Å².